The standard InChI is InChI=1S/C25H21FN2O4/c1-2-15-32-19-12-8-17(9-13-19)23(29)21-22(16-6-10-18(26)11-7-16)28(25(31)24(21)30)20-5-3-4-14-27-20/h3-14,22,29H,2,15H2,1H3/b23-21+. The minimum absolute atomic E-state index is 0.0884. The summed E-state index contributed by atoms with van der Waals surface area (Å²) in [6.45, 7) is 2.56. The Morgan fingerprint density at radius 1 is 1.06 bits per heavy atom. The zero-order chi connectivity index (χ0) is 22.7. The molecular formula is C25H21FN2O4. The minimum atomic E-state index is -0.957. The summed E-state index contributed by atoms with van der Waals surface area (Å²) in [4.78, 5) is 31.4. The van der Waals surface area contributed by atoms with Crippen molar-refractivity contribution < 1.29 is 23.8 Å². The van der Waals surface area contributed by atoms with Crippen molar-refractivity contribution in [3.63, 3.8) is 0 Å². The molecule has 1 N–H and O–H groups in total. The molecule has 3 aromatic rings. The first-order valence-electron chi connectivity index (χ1n) is 10.2. The van der Waals surface area contributed by atoms with Crippen LogP contribution in [0.1, 0.15) is 30.5 Å². The van der Waals surface area contributed by atoms with Crippen LogP contribution in [0.3, 0.4) is 0 Å². The normalized spacial score (nSPS) is 17.6. The molecule has 162 valence electrons. The van der Waals surface area contributed by atoms with E-state index in [0.717, 1.165) is 6.42 Å². The second kappa shape index (κ2) is 9.01. The SMILES string of the molecule is CCCOc1ccc(/C(O)=C2\C(=O)C(=O)N(c3ccccn3)C2c2ccc(F)cc2)cc1. The predicted octanol–water partition coefficient (Wildman–Crippen LogP) is 4.64. The Hall–Kier alpha value is -4.00. The summed E-state index contributed by atoms with van der Waals surface area (Å²) in [6.07, 6.45) is 2.36. The molecule has 32 heavy (non-hydrogen) atoms. The van der Waals surface area contributed by atoms with Crippen LogP contribution in [0.15, 0.2) is 78.5 Å². The number of benzene rings is 2. The Bertz CT molecular complexity index is 1160. The van der Waals surface area contributed by atoms with Crippen LogP contribution >= 0.6 is 0 Å². The maximum Gasteiger partial charge on any atom is 0.301 e. The first kappa shape index (κ1) is 21.2. The van der Waals surface area contributed by atoms with Crippen molar-refractivity contribution in [2.24, 2.45) is 0 Å². The molecule has 1 unspecified atom stereocenters. The van der Waals surface area contributed by atoms with Gasteiger partial charge in [-0.05, 0) is 60.5 Å². The summed E-state index contributed by atoms with van der Waals surface area (Å²) in [5, 5.41) is 11.1. The quantitative estimate of drug-likeness (QED) is 0.349. The summed E-state index contributed by atoms with van der Waals surface area (Å²) in [6, 6.07) is 16.1. The van der Waals surface area contributed by atoms with Crippen molar-refractivity contribution in [1.82, 2.24) is 4.98 Å². The number of pyridine rings is 1. The number of aliphatic hydroxyl groups is 1. The molecule has 6 nitrogen and oxygen atoms in total. The van der Waals surface area contributed by atoms with Crippen molar-refractivity contribution in [2.75, 3.05) is 11.5 Å². The fourth-order valence-corrected chi connectivity index (χ4v) is 3.61. The third kappa shape index (κ3) is 3.97. The molecule has 1 amide bonds. The number of aromatic nitrogens is 1. The second-order valence-corrected chi connectivity index (χ2v) is 7.28. The van der Waals surface area contributed by atoms with E-state index in [0.29, 0.717) is 23.5 Å². The molecule has 1 aliphatic rings. The Morgan fingerprint density at radius 3 is 2.41 bits per heavy atom. The molecule has 0 bridgehead atoms. The predicted molar refractivity (Wildman–Crippen MR) is 118 cm³/mol. The van der Waals surface area contributed by atoms with Gasteiger partial charge in [-0.2, -0.15) is 0 Å². The van der Waals surface area contributed by atoms with Crippen LogP contribution < -0.4 is 9.64 Å². The summed E-state index contributed by atoms with van der Waals surface area (Å²) in [5.41, 5.74) is 0.746. The fraction of sp³-hybridized carbons (Fsp3) is 0.160. The van der Waals surface area contributed by atoms with Crippen molar-refractivity contribution in [2.45, 2.75) is 19.4 Å². The molecule has 1 atom stereocenters. The monoisotopic (exact) mass is 432 g/mol. The number of halogens is 1. The van der Waals surface area contributed by atoms with E-state index in [1.807, 2.05) is 6.92 Å². The van der Waals surface area contributed by atoms with Gasteiger partial charge in [0.2, 0.25) is 0 Å². The number of nitrogens with zero attached hydrogens (tertiary/aromatic N) is 2. The number of ketones is 1. The largest absolute Gasteiger partial charge is 0.507 e. The van der Waals surface area contributed by atoms with Gasteiger partial charge in [0.25, 0.3) is 5.78 Å². The summed E-state index contributed by atoms with van der Waals surface area (Å²) in [7, 11) is 0. The zero-order valence-electron chi connectivity index (χ0n) is 17.4. The Balaban J connectivity index is 1.83. The van der Waals surface area contributed by atoms with Crippen molar-refractivity contribution in [1.29, 1.82) is 0 Å². The maximum absolute atomic E-state index is 13.6. The van der Waals surface area contributed by atoms with Gasteiger partial charge >= 0.3 is 5.91 Å². The molecule has 0 radical (unpaired) electrons. The van der Waals surface area contributed by atoms with E-state index in [4.69, 9.17) is 4.74 Å². The molecule has 1 aromatic heterocycles. The fourth-order valence-electron chi connectivity index (χ4n) is 3.61. The zero-order valence-corrected chi connectivity index (χ0v) is 17.4. The number of carbonyl (C=O) groups excluding carboxylic acids is 2. The lowest BCUT2D eigenvalue weighted by Crippen LogP contribution is -2.30. The highest BCUT2D eigenvalue weighted by molar-refractivity contribution is 6.51. The average Bonchev–Trinajstić information content (AvgIpc) is 3.09. The van der Waals surface area contributed by atoms with E-state index in [-0.39, 0.29) is 17.2 Å². The Kier molecular flexibility index (Phi) is 5.98. The van der Waals surface area contributed by atoms with E-state index < -0.39 is 23.5 Å². The molecule has 0 aliphatic carbocycles. The number of carbonyl (C=O) groups is 2. The van der Waals surface area contributed by atoms with E-state index in [9.17, 15) is 19.1 Å². The molecule has 2 aromatic carbocycles. The molecule has 2 heterocycles. The number of rotatable bonds is 6. The number of hydrogen-bond donors (Lipinski definition) is 1. The number of aliphatic hydroxyl groups excluding tert-OH is 1. The van der Waals surface area contributed by atoms with Crippen LogP contribution in [0, 0.1) is 5.82 Å². The molecule has 1 fully saturated rings. The molecule has 7 heteroatoms. The molecule has 0 saturated carbocycles. The summed E-state index contributed by atoms with van der Waals surface area (Å²) in [5.74, 6) is -1.54. The third-order valence-electron chi connectivity index (χ3n) is 5.13. The van der Waals surface area contributed by atoms with Crippen LogP contribution in [0.4, 0.5) is 10.2 Å². The van der Waals surface area contributed by atoms with Crippen LogP contribution in [0.25, 0.3) is 5.76 Å². The minimum Gasteiger partial charge on any atom is -0.507 e. The molecule has 1 aliphatic heterocycles. The highest BCUT2D eigenvalue weighted by Crippen LogP contribution is 2.41. The maximum atomic E-state index is 13.6. The van der Waals surface area contributed by atoms with Gasteiger partial charge in [0.05, 0.1) is 18.2 Å². The van der Waals surface area contributed by atoms with Crippen molar-refractivity contribution >= 4 is 23.3 Å². The Morgan fingerprint density at radius 2 is 1.78 bits per heavy atom. The van der Waals surface area contributed by atoms with E-state index in [1.54, 1.807) is 42.5 Å². The summed E-state index contributed by atoms with van der Waals surface area (Å²) < 4.78 is 19.1. The van der Waals surface area contributed by atoms with Gasteiger partial charge in [-0.3, -0.25) is 14.5 Å². The summed E-state index contributed by atoms with van der Waals surface area (Å²) >= 11 is 0. The van der Waals surface area contributed by atoms with Crippen molar-refractivity contribution in [3.8, 4) is 5.75 Å². The van der Waals surface area contributed by atoms with E-state index in [2.05, 4.69) is 4.98 Å². The van der Waals surface area contributed by atoms with E-state index >= 15 is 0 Å². The first-order valence-corrected chi connectivity index (χ1v) is 10.2. The van der Waals surface area contributed by atoms with Gasteiger partial charge in [-0.25, -0.2) is 9.37 Å². The lowest BCUT2D eigenvalue weighted by molar-refractivity contribution is -0.132. The number of amides is 1. The lowest BCUT2D eigenvalue weighted by Gasteiger charge is -2.24. The van der Waals surface area contributed by atoms with Gasteiger partial charge in [0, 0.05) is 11.8 Å². The van der Waals surface area contributed by atoms with Crippen LogP contribution in [-0.4, -0.2) is 28.4 Å². The van der Waals surface area contributed by atoms with Gasteiger partial charge in [-0.1, -0.05) is 25.1 Å². The molecule has 1 saturated heterocycles. The highest BCUT2D eigenvalue weighted by Gasteiger charge is 2.47. The number of hydrogen-bond acceptors (Lipinski definition) is 5. The van der Waals surface area contributed by atoms with Gasteiger partial charge in [-0.15, -0.1) is 0 Å². The number of anilines is 1. The Labute approximate surface area is 184 Å². The number of Topliss-reactive ketones (excluding diaryl/α,β-unsaturated/α-hetero) is 1. The molecule has 0 spiro atoms. The second-order valence-electron chi connectivity index (χ2n) is 7.28. The van der Waals surface area contributed by atoms with E-state index in [1.165, 1.54) is 35.4 Å². The number of ether oxygens (including phenoxy) is 1. The molecular weight excluding hydrogens is 411 g/mol. The van der Waals surface area contributed by atoms with Gasteiger partial charge in [0.15, 0.2) is 0 Å². The third-order valence-corrected chi connectivity index (χ3v) is 5.13. The lowest BCUT2D eigenvalue weighted by atomic mass is 9.95. The van der Waals surface area contributed by atoms with Gasteiger partial charge in [0.1, 0.15) is 23.1 Å². The smallest absolute Gasteiger partial charge is 0.301 e. The van der Waals surface area contributed by atoms with Gasteiger partial charge < -0.3 is 9.84 Å². The van der Waals surface area contributed by atoms with Crippen LogP contribution in [0.5, 0.6) is 5.75 Å². The highest BCUT2D eigenvalue weighted by atomic mass is 19.1. The van der Waals surface area contributed by atoms with Crippen LogP contribution in [0.2, 0.25) is 0 Å². The first-order chi connectivity index (χ1) is 15.5. The molecule has 4 rings (SSSR count). The topological polar surface area (TPSA) is 79.7 Å². The van der Waals surface area contributed by atoms with Crippen LogP contribution in [-0.2, 0) is 9.59 Å². The van der Waals surface area contributed by atoms with Crippen molar-refractivity contribution in [3.05, 3.63) is 95.4 Å². The average molecular weight is 432 g/mol.